The van der Waals surface area contributed by atoms with Gasteiger partial charge in [0.25, 0.3) is 5.91 Å². The van der Waals surface area contributed by atoms with Crippen LogP contribution in [0.2, 0.25) is 0 Å². The minimum absolute atomic E-state index is 0.224. The van der Waals surface area contributed by atoms with Crippen LogP contribution < -0.4 is 16.8 Å². The molecular formula is C14H24N4O. The van der Waals surface area contributed by atoms with Crippen LogP contribution >= 0.6 is 0 Å². The zero-order valence-corrected chi connectivity index (χ0v) is 11.9. The number of nitrogens with two attached hydrogens (primary N) is 2. The Bertz CT molecular complexity index is 429. The standard InChI is InChI=1S/C14H24N4O/c1-4-18(5-2)9-10(3)17-13-7-6-11(15)8-12(13)14(16)19/h6-8,10,17H,4-5,9,15H2,1-3H3,(H2,16,19). The van der Waals surface area contributed by atoms with Crippen molar-refractivity contribution >= 4 is 17.3 Å². The summed E-state index contributed by atoms with van der Waals surface area (Å²) in [5, 5.41) is 3.32. The Kier molecular flexibility index (Phi) is 5.63. The first-order valence-electron chi connectivity index (χ1n) is 6.66. The molecule has 0 saturated carbocycles. The molecule has 106 valence electrons. The zero-order valence-electron chi connectivity index (χ0n) is 11.9. The molecule has 1 atom stereocenters. The lowest BCUT2D eigenvalue weighted by molar-refractivity contribution is 0.100. The predicted molar refractivity (Wildman–Crippen MR) is 80.2 cm³/mol. The third-order valence-corrected chi connectivity index (χ3v) is 3.14. The molecule has 19 heavy (non-hydrogen) atoms. The highest BCUT2D eigenvalue weighted by atomic mass is 16.1. The number of hydrogen-bond donors (Lipinski definition) is 3. The molecule has 5 heteroatoms. The first-order chi connectivity index (χ1) is 8.97. The average Bonchev–Trinajstić information content (AvgIpc) is 2.37. The van der Waals surface area contributed by atoms with E-state index in [0.717, 1.165) is 25.3 Å². The first kappa shape index (κ1) is 15.3. The van der Waals surface area contributed by atoms with Crippen molar-refractivity contribution in [2.45, 2.75) is 26.8 Å². The smallest absolute Gasteiger partial charge is 0.250 e. The summed E-state index contributed by atoms with van der Waals surface area (Å²) in [6.45, 7) is 9.28. The van der Waals surface area contributed by atoms with Gasteiger partial charge in [-0.1, -0.05) is 13.8 Å². The Morgan fingerprint density at radius 1 is 1.37 bits per heavy atom. The molecular weight excluding hydrogens is 240 g/mol. The van der Waals surface area contributed by atoms with Crippen molar-refractivity contribution in [3.05, 3.63) is 23.8 Å². The van der Waals surface area contributed by atoms with Gasteiger partial charge in [-0.25, -0.2) is 0 Å². The normalized spacial score (nSPS) is 12.4. The summed E-state index contributed by atoms with van der Waals surface area (Å²) in [5.74, 6) is -0.468. The van der Waals surface area contributed by atoms with Gasteiger partial charge in [-0.3, -0.25) is 4.79 Å². The Labute approximate surface area is 115 Å². The van der Waals surface area contributed by atoms with Gasteiger partial charge in [-0.05, 0) is 38.2 Å². The number of nitrogens with one attached hydrogen (secondary N) is 1. The molecule has 0 fully saturated rings. The van der Waals surface area contributed by atoms with E-state index in [1.165, 1.54) is 0 Å². The molecule has 0 saturated heterocycles. The van der Waals surface area contributed by atoms with E-state index < -0.39 is 5.91 Å². The summed E-state index contributed by atoms with van der Waals surface area (Å²) in [6, 6.07) is 5.39. The minimum atomic E-state index is -0.468. The molecule has 0 heterocycles. The minimum Gasteiger partial charge on any atom is -0.399 e. The summed E-state index contributed by atoms with van der Waals surface area (Å²) in [7, 11) is 0. The van der Waals surface area contributed by atoms with Crippen LogP contribution in [0.3, 0.4) is 0 Å². The maximum absolute atomic E-state index is 11.4. The van der Waals surface area contributed by atoms with Gasteiger partial charge in [0.1, 0.15) is 0 Å². The Balaban J connectivity index is 2.78. The second-order valence-corrected chi connectivity index (χ2v) is 4.70. The Morgan fingerprint density at radius 3 is 2.53 bits per heavy atom. The summed E-state index contributed by atoms with van der Waals surface area (Å²) < 4.78 is 0. The van der Waals surface area contributed by atoms with Crippen LogP contribution in [0, 0.1) is 0 Å². The summed E-state index contributed by atoms with van der Waals surface area (Å²) in [6.07, 6.45) is 0. The maximum Gasteiger partial charge on any atom is 0.250 e. The molecule has 0 aliphatic carbocycles. The van der Waals surface area contributed by atoms with E-state index >= 15 is 0 Å². The number of nitrogens with zero attached hydrogens (tertiary/aromatic N) is 1. The van der Waals surface area contributed by atoms with Crippen LogP contribution in [0.5, 0.6) is 0 Å². The number of likely N-dealkylation sites (N-methyl/N-ethyl adjacent to an activating group) is 1. The van der Waals surface area contributed by atoms with Gasteiger partial charge in [-0.15, -0.1) is 0 Å². The topological polar surface area (TPSA) is 84.4 Å². The molecule has 1 rings (SSSR count). The van der Waals surface area contributed by atoms with Crippen molar-refractivity contribution in [1.29, 1.82) is 0 Å². The number of primary amides is 1. The summed E-state index contributed by atoms with van der Waals surface area (Å²) >= 11 is 0. The highest BCUT2D eigenvalue weighted by Crippen LogP contribution is 2.19. The van der Waals surface area contributed by atoms with E-state index in [1.807, 2.05) is 0 Å². The molecule has 0 bridgehead atoms. The van der Waals surface area contributed by atoms with Gasteiger partial charge in [0.2, 0.25) is 0 Å². The SMILES string of the molecule is CCN(CC)CC(C)Nc1ccc(N)cc1C(N)=O. The number of anilines is 2. The number of carbonyl (C=O) groups excluding carboxylic acids is 1. The fourth-order valence-electron chi connectivity index (χ4n) is 2.07. The van der Waals surface area contributed by atoms with Gasteiger partial charge in [0, 0.05) is 24.0 Å². The molecule has 1 aromatic carbocycles. The number of nitrogen functional groups attached to an aromatic ring is 1. The molecule has 5 nitrogen and oxygen atoms in total. The van der Waals surface area contributed by atoms with E-state index in [2.05, 4.69) is 31.0 Å². The van der Waals surface area contributed by atoms with E-state index in [9.17, 15) is 4.79 Å². The highest BCUT2D eigenvalue weighted by molar-refractivity contribution is 5.99. The highest BCUT2D eigenvalue weighted by Gasteiger charge is 2.12. The number of benzene rings is 1. The molecule has 1 amide bonds. The average molecular weight is 264 g/mol. The quantitative estimate of drug-likeness (QED) is 0.652. The van der Waals surface area contributed by atoms with Crippen LogP contribution in [-0.2, 0) is 0 Å². The van der Waals surface area contributed by atoms with E-state index in [4.69, 9.17) is 11.5 Å². The number of amides is 1. The van der Waals surface area contributed by atoms with Gasteiger partial charge < -0.3 is 21.7 Å². The Hall–Kier alpha value is -1.75. The molecule has 0 spiro atoms. The number of hydrogen-bond acceptors (Lipinski definition) is 4. The fraction of sp³-hybridized carbons (Fsp3) is 0.500. The van der Waals surface area contributed by atoms with Gasteiger partial charge >= 0.3 is 0 Å². The summed E-state index contributed by atoms with van der Waals surface area (Å²) in [5.41, 5.74) is 12.8. The third-order valence-electron chi connectivity index (χ3n) is 3.14. The first-order valence-corrected chi connectivity index (χ1v) is 6.66. The lowest BCUT2D eigenvalue weighted by Gasteiger charge is -2.24. The van der Waals surface area contributed by atoms with Crippen molar-refractivity contribution in [2.75, 3.05) is 30.7 Å². The summed E-state index contributed by atoms with van der Waals surface area (Å²) in [4.78, 5) is 13.7. The molecule has 0 aliphatic heterocycles. The third kappa shape index (κ3) is 4.44. The molecule has 1 unspecified atom stereocenters. The molecule has 5 N–H and O–H groups in total. The van der Waals surface area contributed by atoms with Crippen molar-refractivity contribution in [1.82, 2.24) is 4.90 Å². The lowest BCUT2D eigenvalue weighted by atomic mass is 10.1. The van der Waals surface area contributed by atoms with Gasteiger partial charge in [-0.2, -0.15) is 0 Å². The second-order valence-electron chi connectivity index (χ2n) is 4.70. The van der Waals surface area contributed by atoms with E-state index in [0.29, 0.717) is 11.3 Å². The maximum atomic E-state index is 11.4. The van der Waals surface area contributed by atoms with Crippen LogP contribution in [-0.4, -0.2) is 36.5 Å². The van der Waals surface area contributed by atoms with E-state index in [-0.39, 0.29) is 6.04 Å². The van der Waals surface area contributed by atoms with Crippen LogP contribution in [0.25, 0.3) is 0 Å². The van der Waals surface area contributed by atoms with Crippen molar-refractivity contribution < 1.29 is 4.79 Å². The van der Waals surface area contributed by atoms with Crippen molar-refractivity contribution in [2.24, 2.45) is 5.73 Å². The second kappa shape index (κ2) is 6.99. The van der Waals surface area contributed by atoms with E-state index in [1.54, 1.807) is 18.2 Å². The molecule has 0 aromatic heterocycles. The van der Waals surface area contributed by atoms with Gasteiger partial charge in [0.15, 0.2) is 0 Å². The van der Waals surface area contributed by atoms with Crippen molar-refractivity contribution in [3.8, 4) is 0 Å². The number of rotatable bonds is 7. The molecule has 1 aromatic rings. The number of carbonyl (C=O) groups is 1. The molecule has 0 aliphatic rings. The lowest BCUT2D eigenvalue weighted by Crippen LogP contribution is -2.35. The monoisotopic (exact) mass is 264 g/mol. The van der Waals surface area contributed by atoms with Gasteiger partial charge in [0.05, 0.1) is 5.56 Å². The fourth-order valence-corrected chi connectivity index (χ4v) is 2.07. The largest absolute Gasteiger partial charge is 0.399 e. The zero-order chi connectivity index (χ0) is 14.4. The predicted octanol–water partition coefficient (Wildman–Crippen LogP) is 1.51. The van der Waals surface area contributed by atoms with Crippen LogP contribution in [0.15, 0.2) is 18.2 Å². The van der Waals surface area contributed by atoms with Crippen LogP contribution in [0.4, 0.5) is 11.4 Å². The van der Waals surface area contributed by atoms with Crippen molar-refractivity contribution in [3.63, 3.8) is 0 Å². The van der Waals surface area contributed by atoms with Crippen LogP contribution in [0.1, 0.15) is 31.1 Å². The molecule has 0 radical (unpaired) electrons. The Morgan fingerprint density at radius 2 is 2.00 bits per heavy atom.